The average molecular weight is 395 g/mol. The first-order valence-corrected chi connectivity index (χ1v) is 10.5. The molecule has 4 nitrogen and oxygen atoms in total. The largest absolute Gasteiger partial charge is 0.433 e. The molecule has 2 heterocycles. The van der Waals surface area contributed by atoms with Crippen molar-refractivity contribution in [3.63, 3.8) is 0 Å². The number of aryl methyl sites for hydroxylation is 1. The average Bonchev–Trinajstić information content (AvgIpc) is 2.88. The number of nitrogens with zero attached hydrogens (tertiary/aromatic N) is 2. The van der Waals surface area contributed by atoms with Gasteiger partial charge in [-0.15, -0.1) is 11.3 Å². The minimum Gasteiger partial charge on any atom is -0.253 e. The summed E-state index contributed by atoms with van der Waals surface area (Å²) in [6.07, 6.45) is -1.53. The van der Waals surface area contributed by atoms with Crippen LogP contribution in [-0.2, 0) is 21.6 Å². The number of aromatic nitrogens is 2. The third-order valence-corrected chi connectivity index (χ3v) is 7.78. The molecule has 0 aliphatic rings. The maximum Gasteiger partial charge on any atom is 0.433 e. The number of hydrogen-bond donors (Lipinski definition) is 1. The molecule has 2 aromatic heterocycles. The van der Waals surface area contributed by atoms with E-state index < -0.39 is 21.6 Å². The fourth-order valence-electron chi connectivity index (χ4n) is 1.87. The van der Waals surface area contributed by atoms with E-state index in [9.17, 15) is 17.4 Å². The van der Waals surface area contributed by atoms with E-state index in [1.54, 1.807) is 11.8 Å². The van der Waals surface area contributed by atoms with E-state index >= 15 is 0 Å². The fourth-order valence-corrected chi connectivity index (χ4v) is 5.70. The van der Waals surface area contributed by atoms with Gasteiger partial charge in [-0.1, -0.05) is 6.07 Å². The highest BCUT2D eigenvalue weighted by Gasteiger charge is 2.32. The van der Waals surface area contributed by atoms with Gasteiger partial charge in [0.15, 0.2) is 4.34 Å². The van der Waals surface area contributed by atoms with Crippen molar-refractivity contribution in [2.45, 2.75) is 30.1 Å². The Morgan fingerprint density at radius 2 is 2.08 bits per heavy atom. The van der Waals surface area contributed by atoms with Crippen LogP contribution in [0.25, 0.3) is 0 Å². The van der Waals surface area contributed by atoms with Crippen molar-refractivity contribution < 1.29 is 17.4 Å². The molecular weight excluding hydrogens is 379 g/mol. The lowest BCUT2D eigenvalue weighted by molar-refractivity contribution is -0.141. The Balaban J connectivity index is 2.49. The Morgan fingerprint density at radius 3 is 2.58 bits per heavy atom. The molecule has 0 spiro atoms. The molecule has 0 aliphatic carbocycles. The molecule has 10 heteroatoms. The van der Waals surface area contributed by atoms with Crippen LogP contribution in [0.15, 0.2) is 22.7 Å². The number of halogens is 3. The quantitative estimate of drug-likeness (QED) is 0.636. The third-order valence-electron chi connectivity index (χ3n) is 3.32. The van der Waals surface area contributed by atoms with Crippen molar-refractivity contribution in [3.05, 3.63) is 40.2 Å². The molecule has 24 heavy (non-hydrogen) atoms. The summed E-state index contributed by atoms with van der Waals surface area (Å²) in [4.78, 5) is 8.91. The molecule has 0 bridgehead atoms. The molecular formula is C14H16F3N3OS3. The fraction of sp³-hybridized carbons (Fsp3) is 0.357. The topological polar surface area (TPSA) is 68.9 Å². The number of nitrogens with two attached hydrogens (primary N) is 1. The predicted octanol–water partition coefficient (Wildman–Crippen LogP) is 3.49. The molecule has 0 saturated heterocycles. The summed E-state index contributed by atoms with van der Waals surface area (Å²) >= 11 is 2.88. The maximum atomic E-state index is 13.0. The van der Waals surface area contributed by atoms with Crippen LogP contribution in [0.3, 0.4) is 0 Å². The molecule has 1 atom stereocenters. The highest BCUT2D eigenvalue weighted by Crippen LogP contribution is 2.28. The summed E-state index contributed by atoms with van der Waals surface area (Å²) in [5.41, 5.74) is 0.0607. The second-order valence-corrected chi connectivity index (χ2v) is 9.42. The number of thioether (sulfide) groups is 1. The van der Waals surface area contributed by atoms with Gasteiger partial charge in [-0.25, -0.2) is 9.19 Å². The second-order valence-electron chi connectivity index (χ2n) is 5.01. The van der Waals surface area contributed by atoms with E-state index in [1.165, 1.54) is 24.3 Å². The molecule has 0 aliphatic heterocycles. The summed E-state index contributed by atoms with van der Waals surface area (Å²) in [6.45, 7) is 3.34. The van der Waals surface area contributed by atoms with E-state index in [0.29, 0.717) is 5.56 Å². The van der Waals surface area contributed by atoms with Gasteiger partial charge in [0, 0.05) is 27.3 Å². The molecule has 0 fully saturated rings. The maximum absolute atomic E-state index is 13.0. The van der Waals surface area contributed by atoms with Gasteiger partial charge in [-0.3, -0.25) is 10.1 Å². The number of hydrogen-bond acceptors (Lipinski definition) is 5. The van der Waals surface area contributed by atoms with Crippen molar-refractivity contribution in [2.75, 3.05) is 6.26 Å². The zero-order valence-corrected chi connectivity index (χ0v) is 15.6. The Labute approximate surface area is 146 Å². The van der Waals surface area contributed by atoms with Gasteiger partial charge in [0.25, 0.3) is 0 Å². The summed E-state index contributed by atoms with van der Waals surface area (Å²) in [6, 6.07) is 2.07. The first kappa shape index (κ1) is 19.2. The van der Waals surface area contributed by atoms with Crippen LogP contribution in [0.2, 0.25) is 0 Å². The zero-order chi connectivity index (χ0) is 18.1. The molecule has 2 rings (SSSR count). The standard InChI is InChI=1S/C14H16F3N3OS3/c1-8-11(7-22-3)23-13(20-8)24(18,21)9(2)10-4-5-12(19-6-10)14(15,16)17/h4-6H,7H2,1-3H3,(H2,18,21). The molecule has 0 radical (unpaired) electrons. The Bertz CT molecular complexity index is 850. The van der Waals surface area contributed by atoms with Gasteiger partial charge in [-0.2, -0.15) is 24.9 Å². The van der Waals surface area contributed by atoms with Gasteiger partial charge in [0.05, 0.1) is 15.4 Å². The molecule has 0 aromatic carbocycles. The van der Waals surface area contributed by atoms with Gasteiger partial charge in [0.1, 0.15) is 5.69 Å². The minimum absolute atomic E-state index is 0.258. The van der Waals surface area contributed by atoms with Crippen LogP contribution >= 0.6 is 23.1 Å². The lowest BCUT2D eigenvalue weighted by Gasteiger charge is -2.10. The SMILES string of the molecule is CSCc1sc(S(N)(=O)=C(C)c2ccc(C(F)(F)F)nc2)nc1C. The van der Waals surface area contributed by atoms with Gasteiger partial charge >= 0.3 is 6.18 Å². The van der Waals surface area contributed by atoms with Gasteiger partial charge in [0.2, 0.25) is 0 Å². The van der Waals surface area contributed by atoms with Gasteiger partial charge in [-0.05, 0) is 26.2 Å². The summed E-state index contributed by atoms with van der Waals surface area (Å²) in [5, 5.41) is 6.00. The van der Waals surface area contributed by atoms with Gasteiger partial charge < -0.3 is 0 Å². The van der Waals surface area contributed by atoms with Crippen molar-refractivity contribution in [1.29, 1.82) is 0 Å². The highest BCUT2D eigenvalue weighted by molar-refractivity contribution is 8.02. The van der Waals surface area contributed by atoms with Crippen LogP contribution in [0.4, 0.5) is 13.2 Å². The minimum atomic E-state index is -4.52. The van der Waals surface area contributed by atoms with Crippen LogP contribution in [-0.4, -0.2) is 25.3 Å². The molecule has 0 amide bonds. The van der Waals surface area contributed by atoms with E-state index in [0.717, 1.165) is 28.6 Å². The molecule has 132 valence electrons. The van der Waals surface area contributed by atoms with Crippen LogP contribution in [0.1, 0.15) is 28.8 Å². The number of pyridine rings is 1. The summed E-state index contributed by atoms with van der Waals surface area (Å²) < 4.78 is 51.0. The van der Waals surface area contributed by atoms with Crippen molar-refractivity contribution in [3.8, 4) is 0 Å². The highest BCUT2D eigenvalue weighted by atomic mass is 32.2. The zero-order valence-electron chi connectivity index (χ0n) is 13.2. The number of alkyl halides is 3. The molecule has 2 N–H and O–H groups in total. The Morgan fingerprint density at radius 1 is 1.42 bits per heavy atom. The van der Waals surface area contributed by atoms with Crippen LogP contribution in [0, 0.1) is 6.92 Å². The number of rotatable bonds is 4. The van der Waals surface area contributed by atoms with E-state index in [1.807, 2.05) is 13.2 Å². The Hall–Kier alpha value is -1.10. The Kier molecular flexibility index (Phi) is 5.63. The summed E-state index contributed by atoms with van der Waals surface area (Å²) in [7, 11) is -3.12. The molecule has 2 aromatic rings. The lowest BCUT2D eigenvalue weighted by Crippen LogP contribution is -2.22. The molecule has 0 saturated carbocycles. The first-order chi connectivity index (χ1) is 11.1. The number of thiazole rings is 1. The van der Waals surface area contributed by atoms with E-state index in [-0.39, 0.29) is 9.20 Å². The van der Waals surface area contributed by atoms with Crippen LogP contribution < -0.4 is 5.14 Å². The lowest BCUT2D eigenvalue weighted by atomic mass is 10.2. The first-order valence-electron chi connectivity index (χ1n) is 6.71. The van der Waals surface area contributed by atoms with Crippen molar-refractivity contribution in [1.82, 2.24) is 9.97 Å². The van der Waals surface area contributed by atoms with E-state index in [2.05, 4.69) is 9.97 Å². The summed E-state index contributed by atoms with van der Waals surface area (Å²) in [5.74, 6) is 0.736. The third kappa shape index (κ3) is 3.93. The van der Waals surface area contributed by atoms with E-state index in [4.69, 9.17) is 5.14 Å². The molecule has 1 unspecified atom stereocenters. The predicted molar refractivity (Wildman–Crippen MR) is 93.7 cm³/mol. The second kappa shape index (κ2) is 7.03. The van der Waals surface area contributed by atoms with Crippen molar-refractivity contribution in [2.24, 2.45) is 5.14 Å². The smallest absolute Gasteiger partial charge is 0.253 e. The normalized spacial score (nSPS) is 14.5. The van der Waals surface area contributed by atoms with Crippen LogP contribution in [0.5, 0.6) is 0 Å². The monoisotopic (exact) mass is 395 g/mol. The van der Waals surface area contributed by atoms with Crippen molar-refractivity contribution >= 4 is 37.7 Å².